The number of allylic oxidation sites excluding steroid dienone is 24. The summed E-state index contributed by atoms with van der Waals surface area (Å²) in [7, 11) is 0. The van der Waals surface area contributed by atoms with E-state index in [0.29, 0.717) is 19.3 Å². The molecule has 0 rings (SSSR count). The van der Waals surface area contributed by atoms with Crippen LogP contribution in [0.25, 0.3) is 0 Å². The van der Waals surface area contributed by atoms with Crippen LogP contribution >= 0.6 is 0 Å². The molecule has 0 aliphatic carbocycles. The number of rotatable bonds is 60. The van der Waals surface area contributed by atoms with Gasteiger partial charge in [0, 0.05) is 19.3 Å². The lowest BCUT2D eigenvalue weighted by Gasteiger charge is -2.18. The standard InChI is InChI=1S/C76H124O6/c1-4-7-10-13-16-19-22-25-28-31-34-35-36-37-38-39-40-41-43-45-48-51-54-57-60-63-66-69-75(78)81-72-73(71-80-74(77)68-65-62-59-56-53-50-47-44-33-30-27-24-21-18-15-12-9-6-3)82-76(79)70-67-64-61-58-55-52-49-46-42-32-29-26-23-20-17-14-11-8-5-2/h7-8,10-11,16-17,19-21,24-26,28-30,33-35,37-38,40-42,46,73H,4-6,9,12-15,18,22-23,27,31-32,36,39,43-45,47-72H2,1-3H3/b10-7-,11-8-,19-16-,20-17-,24-21-,28-25-,29-26-,33-30-,35-34-,38-37-,41-40-,46-42-. The maximum absolute atomic E-state index is 12.9. The van der Waals surface area contributed by atoms with E-state index in [1.165, 1.54) is 103 Å². The molecule has 1 atom stereocenters. The fourth-order valence-corrected chi connectivity index (χ4v) is 9.06. The molecule has 0 amide bonds. The van der Waals surface area contributed by atoms with E-state index in [2.05, 4.69) is 167 Å². The summed E-state index contributed by atoms with van der Waals surface area (Å²) < 4.78 is 17.0. The minimum absolute atomic E-state index is 0.0949. The van der Waals surface area contributed by atoms with Crippen LogP contribution in [0.4, 0.5) is 0 Å². The highest BCUT2D eigenvalue weighted by Crippen LogP contribution is 2.15. The summed E-state index contributed by atoms with van der Waals surface area (Å²) in [5.41, 5.74) is 0. The van der Waals surface area contributed by atoms with Crippen molar-refractivity contribution in [1.82, 2.24) is 0 Å². The first-order chi connectivity index (χ1) is 40.5. The Bertz CT molecular complexity index is 1780. The van der Waals surface area contributed by atoms with Crippen LogP contribution in [0.1, 0.15) is 297 Å². The van der Waals surface area contributed by atoms with Gasteiger partial charge in [0.2, 0.25) is 0 Å². The summed E-state index contributed by atoms with van der Waals surface area (Å²) in [4.78, 5) is 38.4. The third kappa shape index (κ3) is 66.1. The molecule has 0 heterocycles. The highest BCUT2D eigenvalue weighted by Gasteiger charge is 2.19. The molecule has 0 spiro atoms. The Hall–Kier alpha value is -4.71. The summed E-state index contributed by atoms with van der Waals surface area (Å²) in [6.45, 7) is 6.39. The van der Waals surface area contributed by atoms with E-state index in [1.54, 1.807) is 0 Å². The molecule has 6 nitrogen and oxygen atoms in total. The van der Waals surface area contributed by atoms with Gasteiger partial charge in [-0.05, 0) is 141 Å². The fourth-order valence-electron chi connectivity index (χ4n) is 9.06. The van der Waals surface area contributed by atoms with Crippen molar-refractivity contribution in [1.29, 1.82) is 0 Å². The van der Waals surface area contributed by atoms with E-state index in [0.717, 1.165) is 154 Å². The van der Waals surface area contributed by atoms with Crippen molar-refractivity contribution < 1.29 is 28.6 Å². The molecule has 0 aromatic heterocycles. The number of hydrogen-bond acceptors (Lipinski definition) is 6. The van der Waals surface area contributed by atoms with Crippen molar-refractivity contribution >= 4 is 17.9 Å². The van der Waals surface area contributed by atoms with Gasteiger partial charge in [0.1, 0.15) is 13.2 Å². The Kier molecular flexibility index (Phi) is 64.8. The lowest BCUT2D eigenvalue weighted by molar-refractivity contribution is -0.167. The van der Waals surface area contributed by atoms with Crippen LogP contribution in [0.15, 0.2) is 146 Å². The molecule has 0 aromatic carbocycles. The molecule has 82 heavy (non-hydrogen) atoms. The predicted molar refractivity (Wildman–Crippen MR) is 357 cm³/mol. The minimum Gasteiger partial charge on any atom is -0.462 e. The fraction of sp³-hybridized carbons (Fsp3) is 0.645. The van der Waals surface area contributed by atoms with Gasteiger partial charge in [-0.15, -0.1) is 0 Å². The molecule has 0 saturated carbocycles. The molecule has 6 heteroatoms. The third-order valence-corrected chi connectivity index (χ3v) is 14.1. The zero-order valence-electron chi connectivity index (χ0n) is 53.2. The highest BCUT2D eigenvalue weighted by atomic mass is 16.6. The van der Waals surface area contributed by atoms with E-state index in [1.807, 2.05) is 0 Å². The van der Waals surface area contributed by atoms with Crippen molar-refractivity contribution in [2.45, 2.75) is 303 Å². The Morgan fingerprint density at radius 1 is 0.256 bits per heavy atom. The van der Waals surface area contributed by atoms with Gasteiger partial charge in [-0.2, -0.15) is 0 Å². The summed E-state index contributed by atoms with van der Waals surface area (Å²) in [5, 5.41) is 0. The monoisotopic (exact) mass is 1130 g/mol. The van der Waals surface area contributed by atoms with Crippen molar-refractivity contribution in [3.63, 3.8) is 0 Å². The van der Waals surface area contributed by atoms with Crippen LogP contribution < -0.4 is 0 Å². The quantitative estimate of drug-likeness (QED) is 0.0261. The summed E-state index contributed by atoms with van der Waals surface area (Å²) in [5.74, 6) is -0.921. The first-order valence-corrected chi connectivity index (χ1v) is 33.8. The molecule has 0 aliphatic rings. The second-order valence-electron chi connectivity index (χ2n) is 22.0. The van der Waals surface area contributed by atoms with Gasteiger partial charge in [0.25, 0.3) is 0 Å². The molecule has 0 bridgehead atoms. The van der Waals surface area contributed by atoms with Crippen molar-refractivity contribution in [3.8, 4) is 0 Å². The maximum atomic E-state index is 12.9. The van der Waals surface area contributed by atoms with Crippen molar-refractivity contribution in [3.05, 3.63) is 146 Å². The smallest absolute Gasteiger partial charge is 0.306 e. The lowest BCUT2D eigenvalue weighted by atomic mass is 10.1. The first-order valence-electron chi connectivity index (χ1n) is 33.8. The van der Waals surface area contributed by atoms with Crippen molar-refractivity contribution in [2.75, 3.05) is 13.2 Å². The summed E-state index contributed by atoms with van der Waals surface area (Å²) >= 11 is 0. The van der Waals surface area contributed by atoms with E-state index in [9.17, 15) is 14.4 Å². The number of ether oxygens (including phenoxy) is 3. The molecule has 0 aliphatic heterocycles. The molecule has 0 saturated heterocycles. The Morgan fingerprint density at radius 3 is 0.744 bits per heavy atom. The van der Waals surface area contributed by atoms with E-state index >= 15 is 0 Å². The van der Waals surface area contributed by atoms with Gasteiger partial charge in [-0.3, -0.25) is 14.4 Å². The average molecular weight is 1130 g/mol. The van der Waals surface area contributed by atoms with Crippen LogP contribution in [0.5, 0.6) is 0 Å². The number of hydrogen-bond donors (Lipinski definition) is 0. The Morgan fingerprint density at radius 2 is 0.476 bits per heavy atom. The van der Waals surface area contributed by atoms with Gasteiger partial charge in [0.05, 0.1) is 0 Å². The zero-order valence-corrected chi connectivity index (χ0v) is 53.2. The van der Waals surface area contributed by atoms with Crippen LogP contribution in [0, 0.1) is 0 Å². The molecule has 0 radical (unpaired) electrons. The second kappa shape index (κ2) is 68.8. The molecule has 0 fully saturated rings. The van der Waals surface area contributed by atoms with Gasteiger partial charge in [0.15, 0.2) is 6.10 Å². The van der Waals surface area contributed by atoms with E-state index < -0.39 is 6.10 Å². The SMILES string of the molecule is CC/C=C\C/C=C\C/C=C\C/C=C\C/C=C\C/C=C\CCCCCCCCCCC(=O)OCC(COC(=O)CCCCCCCCC/C=C\C/C=C\CCCCCC)OC(=O)CCCCCCCC/C=C\C/C=C\C/C=C\C/C=C\CC. The normalized spacial score (nSPS) is 13.1. The zero-order chi connectivity index (χ0) is 59.2. The number of carbonyl (C=O) groups is 3. The van der Waals surface area contributed by atoms with Gasteiger partial charge >= 0.3 is 17.9 Å². The number of carbonyl (C=O) groups excluding carboxylic acids is 3. The Balaban J connectivity index is 4.43. The predicted octanol–water partition coefficient (Wildman–Crippen LogP) is 23.5. The van der Waals surface area contributed by atoms with Crippen LogP contribution in [0.2, 0.25) is 0 Å². The van der Waals surface area contributed by atoms with Crippen LogP contribution in [0.3, 0.4) is 0 Å². The first kappa shape index (κ1) is 77.3. The van der Waals surface area contributed by atoms with Gasteiger partial charge in [-0.25, -0.2) is 0 Å². The van der Waals surface area contributed by atoms with E-state index in [-0.39, 0.29) is 31.1 Å². The minimum atomic E-state index is -0.801. The molecular formula is C76H124O6. The van der Waals surface area contributed by atoms with Gasteiger partial charge < -0.3 is 14.2 Å². The topological polar surface area (TPSA) is 78.9 Å². The summed E-state index contributed by atoms with van der Waals surface area (Å²) in [6.07, 6.45) is 98.5. The summed E-state index contributed by atoms with van der Waals surface area (Å²) in [6, 6.07) is 0. The van der Waals surface area contributed by atoms with E-state index in [4.69, 9.17) is 14.2 Å². The average Bonchev–Trinajstić information content (AvgIpc) is 3.47. The molecule has 0 N–H and O–H groups in total. The largest absolute Gasteiger partial charge is 0.462 e. The van der Waals surface area contributed by atoms with Crippen LogP contribution in [-0.4, -0.2) is 37.2 Å². The van der Waals surface area contributed by atoms with Crippen LogP contribution in [-0.2, 0) is 28.6 Å². The lowest BCUT2D eigenvalue weighted by Crippen LogP contribution is -2.30. The molecular weight excluding hydrogens is 1010 g/mol. The van der Waals surface area contributed by atoms with Gasteiger partial charge in [-0.1, -0.05) is 282 Å². The second-order valence-corrected chi connectivity index (χ2v) is 22.0. The third-order valence-electron chi connectivity index (χ3n) is 14.1. The highest BCUT2D eigenvalue weighted by molar-refractivity contribution is 5.71. The number of unbranched alkanes of at least 4 members (excludes halogenated alkanes) is 25. The maximum Gasteiger partial charge on any atom is 0.306 e. The molecule has 0 aromatic rings. The molecule has 464 valence electrons. The number of esters is 3. The van der Waals surface area contributed by atoms with Crippen molar-refractivity contribution in [2.24, 2.45) is 0 Å². The molecule has 1 unspecified atom stereocenters. The Labute approximate surface area is 506 Å².